The smallest absolute Gasteiger partial charge is 0.312 e. The summed E-state index contributed by atoms with van der Waals surface area (Å²) in [5.74, 6) is -1.42. The van der Waals surface area contributed by atoms with Crippen LogP contribution in [0.4, 0.5) is 0 Å². The van der Waals surface area contributed by atoms with Crippen molar-refractivity contribution in [3.05, 3.63) is 0 Å². The van der Waals surface area contributed by atoms with Crippen LogP contribution in [-0.2, 0) is 9.59 Å². The number of hydrogen-bond donors (Lipinski definition) is 3. The van der Waals surface area contributed by atoms with Crippen LogP contribution < -0.4 is 5.32 Å². The minimum absolute atomic E-state index is 0.0461. The zero-order chi connectivity index (χ0) is 14.0. The number of aliphatic hydroxyl groups is 2. The summed E-state index contributed by atoms with van der Waals surface area (Å²) in [6.07, 6.45) is 0.756. The van der Waals surface area contributed by atoms with Crippen molar-refractivity contribution in [2.45, 2.75) is 6.42 Å². The molecule has 7 nitrogen and oxygen atoms in total. The van der Waals surface area contributed by atoms with Crippen molar-refractivity contribution < 1.29 is 19.8 Å². The van der Waals surface area contributed by atoms with Gasteiger partial charge in [0.1, 0.15) is 0 Å². The van der Waals surface area contributed by atoms with Crippen LogP contribution in [0.15, 0.2) is 0 Å². The Bertz CT molecular complexity index is 253. The summed E-state index contributed by atoms with van der Waals surface area (Å²) >= 11 is 0. The van der Waals surface area contributed by atoms with Crippen LogP contribution in [0, 0.1) is 0 Å². The molecule has 0 aromatic rings. The van der Waals surface area contributed by atoms with Crippen LogP contribution in [0.1, 0.15) is 6.42 Å². The summed E-state index contributed by atoms with van der Waals surface area (Å²) < 4.78 is 0. The maximum Gasteiger partial charge on any atom is 0.312 e. The van der Waals surface area contributed by atoms with Gasteiger partial charge in [-0.15, -0.1) is 0 Å². The van der Waals surface area contributed by atoms with Gasteiger partial charge in [0.25, 0.3) is 0 Å². The number of nitrogens with zero attached hydrogens (tertiary/aromatic N) is 2. The van der Waals surface area contributed by atoms with Crippen molar-refractivity contribution in [2.24, 2.45) is 0 Å². The molecule has 0 saturated carbocycles. The van der Waals surface area contributed by atoms with E-state index in [4.69, 9.17) is 10.2 Å². The van der Waals surface area contributed by atoms with Gasteiger partial charge >= 0.3 is 11.8 Å². The third kappa shape index (κ3) is 7.21. The average Bonchev–Trinajstić information content (AvgIpc) is 2.33. The highest BCUT2D eigenvalue weighted by atomic mass is 16.3. The highest BCUT2D eigenvalue weighted by molar-refractivity contribution is 6.35. The van der Waals surface area contributed by atoms with Gasteiger partial charge in [0, 0.05) is 19.6 Å². The summed E-state index contributed by atoms with van der Waals surface area (Å²) in [6, 6.07) is 0. The zero-order valence-corrected chi connectivity index (χ0v) is 11.1. The molecule has 0 fully saturated rings. The van der Waals surface area contributed by atoms with Gasteiger partial charge in [-0.25, -0.2) is 0 Å². The topological polar surface area (TPSA) is 93.1 Å². The van der Waals surface area contributed by atoms with Crippen molar-refractivity contribution in [1.29, 1.82) is 0 Å². The zero-order valence-electron chi connectivity index (χ0n) is 11.1. The average molecular weight is 261 g/mol. The van der Waals surface area contributed by atoms with Gasteiger partial charge in [-0.1, -0.05) is 0 Å². The first-order chi connectivity index (χ1) is 8.52. The number of aliphatic hydroxyl groups excluding tert-OH is 2. The lowest BCUT2D eigenvalue weighted by atomic mass is 10.3. The van der Waals surface area contributed by atoms with Gasteiger partial charge in [-0.2, -0.15) is 0 Å². The lowest BCUT2D eigenvalue weighted by molar-refractivity contribution is -0.146. The van der Waals surface area contributed by atoms with E-state index in [1.807, 2.05) is 19.0 Å². The summed E-state index contributed by atoms with van der Waals surface area (Å²) in [7, 11) is 3.86. The van der Waals surface area contributed by atoms with Crippen molar-refractivity contribution >= 4 is 11.8 Å². The van der Waals surface area contributed by atoms with E-state index in [9.17, 15) is 9.59 Å². The molecular weight excluding hydrogens is 238 g/mol. The highest BCUT2D eigenvalue weighted by Gasteiger charge is 2.20. The van der Waals surface area contributed by atoms with Crippen LogP contribution in [0.5, 0.6) is 0 Å². The number of nitrogens with one attached hydrogen (secondary N) is 1. The molecule has 0 rings (SSSR count). The molecule has 0 unspecified atom stereocenters. The summed E-state index contributed by atoms with van der Waals surface area (Å²) in [4.78, 5) is 26.2. The van der Waals surface area contributed by atoms with Crippen LogP contribution in [0.2, 0.25) is 0 Å². The maximum absolute atomic E-state index is 11.6. The van der Waals surface area contributed by atoms with Crippen LogP contribution in [0.3, 0.4) is 0 Å². The Morgan fingerprint density at radius 3 is 2.06 bits per heavy atom. The van der Waals surface area contributed by atoms with E-state index in [1.165, 1.54) is 0 Å². The maximum atomic E-state index is 11.6. The fourth-order valence-corrected chi connectivity index (χ4v) is 1.37. The fourth-order valence-electron chi connectivity index (χ4n) is 1.37. The van der Waals surface area contributed by atoms with E-state index in [2.05, 4.69) is 5.32 Å². The Balaban J connectivity index is 4.02. The number of carbonyl (C=O) groups excluding carboxylic acids is 2. The molecule has 106 valence electrons. The predicted molar refractivity (Wildman–Crippen MR) is 66.9 cm³/mol. The Labute approximate surface area is 107 Å². The second kappa shape index (κ2) is 9.81. The Kier molecular flexibility index (Phi) is 9.17. The molecule has 0 radical (unpaired) electrons. The molecule has 0 atom stereocenters. The number of carbonyl (C=O) groups is 2. The Morgan fingerprint density at radius 2 is 1.61 bits per heavy atom. The SMILES string of the molecule is CN(C)CCCNC(=O)C(=O)N(CCO)CCO. The standard InChI is InChI=1S/C11H23N3O4/c1-13(2)5-3-4-12-10(17)11(18)14(6-8-15)7-9-16/h15-16H,3-9H2,1-2H3,(H,12,17). The third-order valence-corrected chi connectivity index (χ3v) is 2.29. The molecule has 0 saturated heterocycles. The molecule has 0 aromatic heterocycles. The van der Waals surface area contributed by atoms with Crippen LogP contribution in [0.25, 0.3) is 0 Å². The molecule has 2 amide bonds. The Hall–Kier alpha value is -1.18. The minimum Gasteiger partial charge on any atom is -0.395 e. The first kappa shape index (κ1) is 16.8. The lowest BCUT2D eigenvalue weighted by Gasteiger charge is -2.19. The van der Waals surface area contributed by atoms with Gasteiger partial charge in [0.2, 0.25) is 0 Å². The monoisotopic (exact) mass is 261 g/mol. The third-order valence-electron chi connectivity index (χ3n) is 2.29. The van der Waals surface area contributed by atoms with Crippen molar-refractivity contribution in [3.8, 4) is 0 Å². The van der Waals surface area contributed by atoms with Crippen LogP contribution in [-0.4, -0.2) is 85.3 Å². The normalized spacial score (nSPS) is 10.5. The van der Waals surface area contributed by atoms with E-state index in [0.717, 1.165) is 17.9 Å². The second-order valence-corrected chi connectivity index (χ2v) is 4.15. The second-order valence-electron chi connectivity index (χ2n) is 4.15. The van der Waals surface area contributed by atoms with Gasteiger partial charge in [-0.05, 0) is 27.1 Å². The quantitative estimate of drug-likeness (QED) is 0.343. The van der Waals surface area contributed by atoms with E-state index < -0.39 is 11.8 Å². The van der Waals surface area contributed by atoms with Gasteiger partial charge < -0.3 is 25.3 Å². The van der Waals surface area contributed by atoms with Crippen molar-refractivity contribution in [3.63, 3.8) is 0 Å². The first-order valence-corrected chi connectivity index (χ1v) is 5.96. The van der Waals surface area contributed by atoms with E-state index in [1.54, 1.807) is 0 Å². The molecule has 0 aromatic carbocycles. The number of rotatable bonds is 8. The summed E-state index contributed by atoms with van der Waals surface area (Å²) in [5, 5.41) is 20.0. The summed E-state index contributed by atoms with van der Waals surface area (Å²) in [5.41, 5.74) is 0. The molecule has 7 heteroatoms. The van der Waals surface area contributed by atoms with Crippen molar-refractivity contribution in [2.75, 3.05) is 53.5 Å². The molecule has 0 aliphatic rings. The highest BCUT2D eigenvalue weighted by Crippen LogP contribution is 1.90. The largest absolute Gasteiger partial charge is 0.395 e. The summed E-state index contributed by atoms with van der Waals surface area (Å²) in [6.45, 7) is 0.870. The van der Waals surface area contributed by atoms with Gasteiger partial charge in [-0.3, -0.25) is 9.59 Å². The molecular formula is C11H23N3O4. The predicted octanol–water partition coefficient (Wildman–Crippen LogP) is -2.13. The number of hydrogen-bond acceptors (Lipinski definition) is 5. The lowest BCUT2D eigenvalue weighted by Crippen LogP contribution is -2.45. The molecule has 0 aliphatic heterocycles. The number of amides is 2. The van der Waals surface area contributed by atoms with Crippen LogP contribution >= 0.6 is 0 Å². The molecule has 18 heavy (non-hydrogen) atoms. The Morgan fingerprint density at radius 1 is 1.06 bits per heavy atom. The fraction of sp³-hybridized carbons (Fsp3) is 0.818. The molecule has 0 aliphatic carbocycles. The van der Waals surface area contributed by atoms with E-state index in [0.29, 0.717) is 6.54 Å². The molecule has 3 N–H and O–H groups in total. The molecule has 0 heterocycles. The van der Waals surface area contributed by atoms with Gasteiger partial charge in [0.15, 0.2) is 0 Å². The van der Waals surface area contributed by atoms with E-state index in [-0.39, 0.29) is 26.3 Å². The van der Waals surface area contributed by atoms with Crippen molar-refractivity contribution in [1.82, 2.24) is 15.1 Å². The first-order valence-electron chi connectivity index (χ1n) is 5.96. The molecule has 0 bridgehead atoms. The molecule has 0 spiro atoms. The minimum atomic E-state index is -0.719. The van der Waals surface area contributed by atoms with Gasteiger partial charge in [0.05, 0.1) is 13.2 Å². The van der Waals surface area contributed by atoms with E-state index >= 15 is 0 Å².